The average molecular weight is 318 g/mol. The average Bonchev–Trinajstić information content (AvgIpc) is 2.85. The quantitative estimate of drug-likeness (QED) is 0.667. The maximum atomic E-state index is 12.2. The fourth-order valence-corrected chi connectivity index (χ4v) is 3.22. The summed E-state index contributed by atoms with van der Waals surface area (Å²) in [6.07, 6.45) is -0.0671. The van der Waals surface area contributed by atoms with Crippen LogP contribution in [0.4, 0.5) is 0 Å². The lowest BCUT2D eigenvalue weighted by molar-refractivity contribution is -0.167. The number of carbonyl (C=O) groups is 2. The molecule has 0 bridgehead atoms. The van der Waals surface area contributed by atoms with Gasteiger partial charge in [-0.15, -0.1) is 0 Å². The SMILES string of the molecule is CCC1=C(CC(C)(C(=O)OC)C(=O)OC)C(O)c2ccccc21. The Morgan fingerprint density at radius 1 is 1.17 bits per heavy atom. The van der Waals surface area contributed by atoms with Crippen molar-refractivity contribution >= 4 is 17.5 Å². The molecule has 0 spiro atoms. The first-order chi connectivity index (χ1) is 10.9. The van der Waals surface area contributed by atoms with E-state index in [0.29, 0.717) is 12.0 Å². The maximum Gasteiger partial charge on any atom is 0.323 e. The Bertz CT molecular complexity index is 643. The van der Waals surface area contributed by atoms with Crippen LogP contribution in [0.5, 0.6) is 0 Å². The van der Waals surface area contributed by atoms with Crippen molar-refractivity contribution in [2.45, 2.75) is 32.8 Å². The first-order valence-electron chi connectivity index (χ1n) is 7.56. The summed E-state index contributed by atoms with van der Waals surface area (Å²) in [6.45, 7) is 3.47. The smallest absolute Gasteiger partial charge is 0.323 e. The topological polar surface area (TPSA) is 72.8 Å². The number of methoxy groups -OCH3 is 2. The molecule has 1 unspecified atom stereocenters. The molecule has 0 aliphatic heterocycles. The van der Waals surface area contributed by atoms with Crippen LogP contribution in [0, 0.1) is 5.41 Å². The van der Waals surface area contributed by atoms with Crippen molar-refractivity contribution in [1.82, 2.24) is 0 Å². The zero-order chi connectivity index (χ0) is 17.2. The highest BCUT2D eigenvalue weighted by atomic mass is 16.5. The van der Waals surface area contributed by atoms with Gasteiger partial charge in [-0.2, -0.15) is 0 Å². The minimum absolute atomic E-state index is 0.0609. The number of allylic oxidation sites excluding steroid dienone is 1. The molecular weight excluding hydrogens is 296 g/mol. The van der Waals surface area contributed by atoms with Crippen LogP contribution in [-0.2, 0) is 19.1 Å². The zero-order valence-corrected chi connectivity index (χ0v) is 13.9. The predicted molar refractivity (Wildman–Crippen MR) is 85.4 cm³/mol. The van der Waals surface area contributed by atoms with E-state index >= 15 is 0 Å². The van der Waals surface area contributed by atoms with Gasteiger partial charge in [0.15, 0.2) is 5.41 Å². The van der Waals surface area contributed by atoms with Gasteiger partial charge in [-0.05, 0) is 42.0 Å². The summed E-state index contributed by atoms with van der Waals surface area (Å²) in [7, 11) is 2.47. The van der Waals surface area contributed by atoms with Crippen LogP contribution in [0.1, 0.15) is 43.9 Å². The molecule has 1 N–H and O–H groups in total. The van der Waals surface area contributed by atoms with Crippen molar-refractivity contribution in [2.24, 2.45) is 5.41 Å². The number of carbonyl (C=O) groups excluding carboxylic acids is 2. The zero-order valence-electron chi connectivity index (χ0n) is 13.9. The molecule has 0 fully saturated rings. The van der Waals surface area contributed by atoms with Gasteiger partial charge in [0.1, 0.15) is 6.10 Å². The van der Waals surface area contributed by atoms with Crippen molar-refractivity contribution in [3.63, 3.8) is 0 Å². The molecule has 0 aromatic heterocycles. The number of hydrogen-bond acceptors (Lipinski definition) is 5. The molecule has 2 rings (SSSR count). The number of aliphatic hydroxyl groups excluding tert-OH is 1. The van der Waals surface area contributed by atoms with Gasteiger partial charge in [0.05, 0.1) is 14.2 Å². The van der Waals surface area contributed by atoms with Gasteiger partial charge in [-0.3, -0.25) is 9.59 Å². The highest BCUT2D eigenvalue weighted by Crippen LogP contribution is 2.46. The van der Waals surface area contributed by atoms with Crippen molar-refractivity contribution in [3.05, 3.63) is 41.0 Å². The first-order valence-corrected chi connectivity index (χ1v) is 7.56. The van der Waals surface area contributed by atoms with Crippen LogP contribution in [0.3, 0.4) is 0 Å². The summed E-state index contributed by atoms with van der Waals surface area (Å²) >= 11 is 0. The van der Waals surface area contributed by atoms with E-state index in [0.717, 1.165) is 16.7 Å². The molecule has 0 amide bonds. The number of rotatable bonds is 5. The molecule has 1 aromatic rings. The Balaban J connectivity index is 2.48. The van der Waals surface area contributed by atoms with Crippen molar-refractivity contribution in [3.8, 4) is 0 Å². The van der Waals surface area contributed by atoms with E-state index in [-0.39, 0.29) is 6.42 Å². The van der Waals surface area contributed by atoms with E-state index in [2.05, 4.69) is 0 Å². The molecule has 23 heavy (non-hydrogen) atoms. The van der Waals surface area contributed by atoms with Gasteiger partial charge in [0.25, 0.3) is 0 Å². The first kappa shape index (κ1) is 17.2. The summed E-state index contributed by atoms with van der Waals surface area (Å²) in [5, 5.41) is 10.7. The monoisotopic (exact) mass is 318 g/mol. The summed E-state index contributed by atoms with van der Waals surface area (Å²) in [5.41, 5.74) is 1.92. The summed E-state index contributed by atoms with van der Waals surface area (Å²) < 4.78 is 9.57. The van der Waals surface area contributed by atoms with Crippen LogP contribution in [-0.4, -0.2) is 31.3 Å². The molecule has 0 heterocycles. The Morgan fingerprint density at radius 2 is 1.74 bits per heavy atom. The van der Waals surface area contributed by atoms with Crippen LogP contribution in [0.2, 0.25) is 0 Å². The summed E-state index contributed by atoms with van der Waals surface area (Å²) in [6, 6.07) is 7.57. The van der Waals surface area contributed by atoms with Crippen LogP contribution in [0.15, 0.2) is 29.8 Å². The number of esters is 2. The van der Waals surface area contributed by atoms with E-state index in [9.17, 15) is 14.7 Å². The van der Waals surface area contributed by atoms with Crippen LogP contribution >= 0.6 is 0 Å². The van der Waals surface area contributed by atoms with E-state index in [1.807, 2.05) is 31.2 Å². The Morgan fingerprint density at radius 3 is 2.26 bits per heavy atom. The van der Waals surface area contributed by atoms with Crippen molar-refractivity contribution in [1.29, 1.82) is 0 Å². The molecule has 1 aliphatic carbocycles. The van der Waals surface area contributed by atoms with Gasteiger partial charge in [0, 0.05) is 0 Å². The lowest BCUT2D eigenvalue weighted by Gasteiger charge is -2.26. The minimum atomic E-state index is -1.48. The number of hydrogen-bond donors (Lipinski definition) is 1. The second-order valence-corrected chi connectivity index (χ2v) is 5.84. The van der Waals surface area contributed by atoms with Crippen molar-refractivity contribution < 1.29 is 24.2 Å². The largest absolute Gasteiger partial charge is 0.468 e. The number of aliphatic hydroxyl groups is 1. The summed E-state index contributed by atoms with van der Waals surface area (Å²) in [4.78, 5) is 24.3. The molecule has 124 valence electrons. The van der Waals surface area contributed by atoms with E-state index in [1.54, 1.807) is 0 Å². The Labute approximate surface area is 135 Å². The fraction of sp³-hybridized carbons (Fsp3) is 0.444. The normalized spacial score (nSPS) is 17.0. The highest BCUT2D eigenvalue weighted by Gasteiger charge is 2.46. The van der Waals surface area contributed by atoms with Gasteiger partial charge in [-0.1, -0.05) is 31.2 Å². The Hall–Kier alpha value is -2.14. The number of ether oxygens (including phenoxy) is 2. The van der Waals surface area contributed by atoms with Crippen LogP contribution in [0.25, 0.3) is 5.57 Å². The van der Waals surface area contributed by atoms with Gasteiger partial charge < -0.3 is 14.6 Å². The highest BCUT2D eigenvalue weighted by molar-refractivity contribution is 6.00. The third-order valence-electron chi connectivity index (χ3n) is 4.47. The van der Waals surface area contributed by atoms with Gasteiger partial charge in [0.2, 0.25) is 0 Å². The second-order valence-electron chi connectivity index (χ2n) is 5.84. The standard InChI is InChI=1S/C18H22O5/c1-5-11-12-8-6-7-9-13(12)15(19)14(11)10-18(2,16(20)22-3)17(21)23-4/h6-9,15,19H,5,10H2,1-4H3. The molecule has 0 saturated carbocycles. The molecule has 0 radical (unpaired) electrons. The maximum absolute atomic E-state index is 12.2. The molecule has 1 aromatic carbocycles. The lowest BCUT2D eigenvalue weighted by atomic mass is 9.81. The lowest BCUT2D eigenvalue weighted by Crippen LogP contribution is -2.39. The van der Waals surface area contributed by atoms with Crippen molar-refractivity contribution in [2.75, 3.05) is 14.2 Å². The van der Waals surface area contributed by atoms with E-state index in [4.69, 9.17) is 9.47 Å². The molecule has 0 saturated heterocycles. The number of fused-ring (bicyclic) bond motifs is 1. The number of benzene rings is 1. The minimum Gasteiger partial charge on any atom is -0.468 e. The summed E-state index contributed by atoms with van der Waals surface area (Å²) in [5.74, 6) is -1.34. The second kappa shape index (κ2) is 6.54. The van der Waals surface area contributed by atoms with E-state index in [1.165, 1.54) is 21.1 Å². The Kier molecular flexibility index (Phi) is 4.90. The van der Waals surface area contributed by atoms with E-state index < -0.39 is 23.5 Å². The molecule has 1 atom stereocenters. The predicted octanol–water partition coefficient (Wildman–Crippen LogP) is 2.64. The third kappa shape index (κ3) is 2.77. The molecule has 5 heteroatoms. The molecule has 5 nitrogen and oxygen atoms in total. The fourth-order valence-electron chi connectivity index (χ4n) is 3.22. The molecule has 1 aliphatic rings. The molecular formula is C18H22O5. The van der Waals surface area contributed by atoms with Gasteiger partial charge in [-0.25, -0.2) is 0 Å². The van der Waals surface area contributed by atoms with Crippen LogP contribution < -0.4 is 0 Å². The van der Waals surface area contributed by atoms with Gasteiger partial charge >= 0.3 is 11.9 Å². The third-order valence-corrected chi connectivity index (χ3v) is 4.47.